The van der Waals surface area contributed by atoms with E-state index in [1.807, 2.05) is 38.1 Å². The van der Waals surface area contributed by atoms with Crippen molar-refractivity contribution in [3.63, 3.8) is 0 Å². The van der Waals surface area contributed by atoms with Gasteiger partial charge in [0.15, 0.2) is 0 Å². The van der Waals surface area contributed by atoms with Gasteiger partial charge in [-0.1, -0.05) is 6.42 Å². The molecular formula is C16H23NO3. The lowest BCUT2D eigenvalue weighted by molar-refractivity contribution is -0.142. The largest absolute Gasteiger partial charge is 0.491 e. The highest BCUT2D eigenvalue weighted by Gasteiger charge is 2.26. The van der Waals surface area contributed by atoms with Crippen LogP contribution in [0.5, 0.6) is 5.75 Å². The number of hydrogen-bond donors (Lipinski definition) is 2. The number of carboxylic acids is 1. The maximum atomic E-state index is 11.1. The summed E-state index contributed by atoms with van der Waals surface area (Å²) < 4.78 is 5.60. The van der Waals surface area contributed by atoms with E-state index in [1.54, 1.807) is 0 Å². The third kappa shape index (κ3) is 4.15. The molecule has 4 heteroatoms. The standard InChI is InChI=1S/C16H23NO3/c1-11(2)20-15-8-6-13(7-9-15)17-14-5-3-4-12(10-14)16(18)19/h6-9,11-12,14,17H,3-5,10H2,1-2H3,(H,18,19). The van der Waals surface area contributed by atoms with Crippen molar-refractivity contribution >= 4 is 11.7 Å². The van der Waals surface area contributed by atoms with Crippen molar-refractivity contribution in [2.24, 2.45) is 5.92 Å². The molecule has 0 amide bonds. The minimum absolute atomic E-state index is 0.170. The molecular weight excluding hydrogens is 254 g/mol. The molecule has 2 rings (SSSR count). The summed E-state index contributed by atoms with van der Waals surface area (Å²) in [5, 5.41) is 12.5. The maximum Gasteiger partial charge on any atom is 0.306 e. The Labute approximate surface area is 120 Å². The van der Waals surface area contributed by atoms with Gasteiger partial charge in [-0.15, -0.1) is 0 Å². The molecule has 1 saturated carbocycles. The van der Waals surface area contributed by atoms with Crippen LogP contribution in [-0.2, 0) is 4.79 Å². The fourth-order valence-electron chi connectivity index (χ4n) is 2.68. The topological polar surface area (TPSA) is 58.6 Å². The number of ether oxygens (including phenoxy) is 1. The molecule has 1 aliphatic rings. The van der Waals surface area contributed by atoms with Crippen LogP contribution < -0.4 is 10.1 Å². The van der Waals surface area contributed by atoms with E-state index in [-0.39, 0.29) is 18.1 Å². The maximum absolute atomic E-state index is 11.1. The smallest absolute Gasteiger partial charge is 0.306 e. The zero-order valence-electron chi connectivity index (χ0n) is 12.1. The molecule has 20 heavy (non-hydrogen) atoms. The molecule has 0 spiro atoms. The summed E-state index contributed by atoms with van der Waals surface area (Å²) in [5.74, 6) is -0.0143. The molecule has 4 nitrogen and oxygen atoms in total. The molecule has 0 saturated heterocycles. The van der Waals surface area contributed by atoms with E-state index in [0.29, 0.717) is 6.42 Å². The van der Waals surface area contributed by atoms with Gasteiger partial charge < -0.3 is 15.2 Å². The predicted octanol–water partition coefficient (Wildman–Crippen LogP) is 3.53. The monoisotopic (exact) mass is 277 g/mol. The first-order valence-electron chi connectivity index (χ1n) is 7.30. The molecule has 1 fully saturated rings. The first-order chi connectivity index (χ1) is 9.54. The quantitative estimate of drug-likeness (QED) is 0.864. The molecule has 2 unspecified atom stereocenters. The number of carboxylic acid groups (broad SMARTS) is 1. The second-order valence-electron chi connectivity index (χ2n) is 5.73. The van der Waals surface area contributed by atoms with Gasteiger partial charge in [0.05, 0.1) is 12.0 Å². The number of benzene rings is 1. The van der Waals surface area contributed by atoms with Crippen molar-refractivity contribution in [2.75, 3.05) is 5.32 Å². The van der Waals surface area contributed by atoms with Gasteiger partial charge in [-0.25, -0.2) is 0 Å². The van der Waals surface area contributed by atoms with E-state index >= 15 is 0 Å². The van der Waals surface area contributed by atoms with Gasteiger partial charge in [0.2, 0.25) is 0 Å². The molecule has 110 valence electrons. The lowest BCUT2D eigenvalue weighted by Gasteiger charge is -2.28. The summed E-state index contributed by atoms with van der Waals surface area (Å²) in [5.41, 5.74) is 1.03. The highest BCUT2D eigenvalue weighted by atomic mass is 16.5. The van der Waals surface area contributed by atoms with E-state index in [2.05, 4.69) is 5.32 Å². The van der Waals surface area contributed by atoms with Crippen LogP contribution in [0.1, 0.15) is 39.5 Å². The first kappa shape index (κ1) is 14.7. The Bertz CT molecular complexity index is 442. The van der Waals surface area contributed by atoms with Gasteiger partial charge in [0.1, 0.15) is 5.75 Å². The lowest BCUT2D eigenvalue weighted by atomic mass is 9.85. The molecule has 2 N–H and O–H groups in total. The Morgan fingerprint density at radius 3 is 2.60 bits per heavy atom. The first-order valence-corrected chi connectivity index (χ1v) is 7.30. The summed E-state index contributed by atoms with van der Waals surface area (Å²) in [6.07, 6.45) is 3.69. The zero-order valence-corrected chi connectivity index (χ0v) is 12.1. The third-order valence-corrected chi connectivity index (χ3v) is 3.62. The number of carbonyl (C=O) groups is 1. The highest BCUT2D eigenvalue weighted by molar-refractivity contribution is 5.70. The van der Waals surface area contributed by atoms with E-state index in [9.17, 15) is 4.79 Å². The SMILES string of the molecule is CC(C)Oc1ccc(NC2CCCC(C(=O)O)C2)cc1. The number of nitrogens with one attached hydrogen (secondary N) is 1. The van der Waals surface area contributed by atoms with Crippen molar-refractivity contribution < 1.29 is 14.6 Å². The summed E-state index contributed by atoms with van der Waals surface area (Å²) in [7, 11) is 0. The normalized spacial score (nSPS) is 22.6. The van der Waals surface area contributed by atoms with Gasteiger partial charge in [-0.2, -0.15) is 0 Å². The van der Waals surface area contributed by atoms with Crippen molar-refractivity contribution in [3.8, 4) is 5.75 Å². The van der Waals surface area contributed by atoms with Crippen LogP contribution in [0.4, 0.5) is 5.69 Å². The Hall–Kier alpha value is -1.71. The van der Waals surface area contributed by atoms with Crippen LogP contribution in [0.3, 0.4) is 0 Å². The van der Waals surface area contributed by atoms with Crippen LogP contribution in [-0.4, -0.2) is 23.2 Å². The van der Waals surface area contributed by atoms with Crippen molar-refractivity contribution in [1.29, 1.82) is 0 Å². The third-order valence-electron chi connectivity index (χ3n) is 3.62. The lowest BCUT2D eigenvalue weighted by Crippen LogP contribution is -2.30. The van der Waals surface area contributed by atoms with Crippen LogP contribution in [0.2, 0.25) is 0 Å². The Kier molecular flexibility index (Phi) is 4.88. The Morgan fingerprint density at radius 2 is 2.00 bits per heavy atom. The fraction of sp³-hybridized carbons (Fsp3) is 0.562. The Morgan fingerprint density at radius 1 is 1.30 bits per heavy atom. The summed E-state index contributed by atoms with van der Waals surface area (Å²) in [6.45, 7) is 4.00. The van der Waals surface area contributed by atoms with Gasteiger partial charge in [0.25, 0.3) is 0 Å². The average molecular weight is 277 g/mol. The van der Waals surface area contributed by atoms with Crippen molar-refractivity contribution in [1.82, 2.24) is 0 Å². The molecule has 1 aromatic rings. The molecule has 2 atom stereocenters. The summed E-state index contributed by atoms with van der Waals surface area (Å²) >= 11 is 0. The molecule has 1 aromatic carbocycles. The van der Waals surface area contributed by atoms with Gasteiger partial charge in [-0.3, -0.25) is 4.79 Å². The average Bonchev–Trinajstić information content (AvgIpc) is 2.41. The molecule has 0 aromatic heterocycles. The summed E-state index contributed by atoms with van der Waals surface area (Å²) in [4.78, 5) is 11.1. The molecule has 0 radical (unpaired) electrons. The van der Waals surface area contributed by atoms with Gasteiger partial charge in [-0.05, 0) is 57.4 Å². The molecule has 0 bridgehead atoms. The highest BCUT2D eigenvalue weighted by Crippen LogP contribution is 2.27. The summed E-state index contributed by atoms with van der Waals surface area (Å²) in [6, 6.07) is 8.12. The van der Waals surface area contributed by atoms with Crippen LogP contribution >= 0.6 is 0 Å². The van der Waals surface area contributed by atoms with E-state index in [0.717, 1.165) is 30.7 Å². The van der Waals surface area contributed by atoms with Crippen LogP contribution in [0.25, 0.3) is 0 Å². The molecule has 1 aliphatic carbocycles. The van der Waals surface area contributed by atoms with E-state index in [1.165, 1.54) is 0 Å². The fourth-order valence-corrected chi connectivity index (χ4v) is 2.68. The van der Waals surface area contributed by atoms with Crippen molar-refractivity contribution in [3.05, 3.63) is 24.3 Å². The van der Waals surface area contributed by atoms with Crippen LogP contribution in [0, 0.1) is 5.92 Å². The van der Waals surface area contributed by atoms with Crippen molar-refractivity contribution in [2.45, 2.75) is 51.7 Å². The number of rotatable bonds is 5. The van der Waals surface area contributed by atoms with E-state index in [4.69, 9.17) is 9.84 Å². The number of hydrogen-bond acceptors (Lipinski definition) is 3. The second kappa shape index (κ2) is 6.64. The second-order valence-corrected chi connectivity index (χ2v) is 5.73. The molecule has 0 aliphatic heterocycles. The predicted molar refractivity (Wildman–Crippen MR) is 79.2 cm³/mol. The zero-order chi connectivity index (χ0) is 14.5. The molecule has 0 heterocycles. The van der Waals surface area contributed by atoms with Gasteiger partial charge in [0, 0.05) is 11.7 Å². The van der Waals surface area contributed by atoms with E-state index < -0.39 is 5.97 Å². The number of anilines is 1. The minimum atomic E-state index is -0.669. The minimum Gasteiger partial charge on any atom is -0.491 e. The Balaban J connectivity index is 1.91. The van der Waals surface area contributed by atoms with Gasteiger partial charge >= 0.3 is 5.97 Å². The number of aliphatic carboxylic acids is 1. The van der Waals surface area contributed by atoms with Crippen LogP contribution in [0.15, 0.2) is 24.3 Å².